The summed E-state index contributed by atoms with van der Waals surface area (Å²) in [5.41, 5.74) is 0.956. The van der Waals surface area contributed by atoms with Crippen LogP contribution in [0.15, 0.2) is 65.4 Å². The SMILES string of the molecule is CN[C@@H](CCCCNC(=O)OCc1ccccc1)C(=O)N(Cc1cccs1)Cc1cccs1. The van der Waals surface area contributed by atoms with Crippen molar-refractivity contribution in [2.45, 2.75) is 45.0 Å². The molecule has 0 unspecified atom stereocenters. The Morgan fingerprint density at radius 3 is 2.18 bits per heavy atom. The Labute approximate surface area is 203 Å². The molecule has 1 atom stereocenters. The monoisotopic (exact) mass is 485 g/mol. The summed E-state index contributed by atoms with van der Waals surface area (Å²) in [5, 5.41) is 10.0. The number of hydrogen-bond donors (Lipinski definition) is 2. The van der Waals surface area contributed by atoms with E-state index in [0.717, 1.165) is 18.4 Å². The van der Waals surface area contributed by atoms with E-state index in [1.807, 2.05) is 65.2 Å². The smallest absolute Gasteiger partial charge is 0.407 e. The summed E-state index contributed by atoms with van der Waals surface area (Å²) in [4.78, 5) is 29.4. The van der Waals surface area contributed by atoms with Crippen LogP contribution in [0.2, 0.25) is 0 Å². The minimum absolute atomic E-state index is 0.106. The highest BCUT2D eigenvalue weighted by Crippen LogP contribution is 2.19. The molecule has 3 rings (SSSR count). The van der Waals surface area contributed by atoms with Crippen molar-refractivity contribution in [3.05, 3.63) is 80.7 Å². The molecular formula is C25H31N3O3S2. The summed E-state index contributed by atoms with van der Waals surface area (Å²) in [6, 6.07) is 17.5. The van der Waals surface area contributed by atoms with Gasteiger partial charge in [0.05, 0.1) is 19.1 Å². The molecule has 0 bridgehead atoms. The van der Waals surface area contributed by atoms with Gasteiger partial charge >= 0.3 is 6.09 Å². The number of carbonyl (C=O) groups excluding carboxylic acids is 2. The van der Waals surface area contributed by atoms with E-state index in [2.05, 4.69) is 22.8 Å². The Kier molecular flexibility index (Phi) is 10.4. The molecule has 2 heterocycles. The molecule has 1 aromatic carbocycles. The highest BCUT2D eigenvalue weighted by molar-refractivity contribution is 7.10. The summed E-state index contributed by atoms with van der Waals surface area (Å²) < 4.78 is 5.23. The van der Waals surface area contributed by atoms with Gasteiger partial charge in [-0.3, -0.25) is 4.79 Å². The van der Waals surface area contributed by atoms with Crippen LogP contribution in [-0.4, -0.2) is 36.5 Å². The molecule has 0 saturated carbocycles. The second kappa shape index (κ2) is 13.8. The molecule has 0 radical (unpaired) electrons. The molecule has 6 nitrogen and oxygen atoms in total. The van der Waals surface area contributed by atoms with Gasteiger partial charge in [0.2, 0.25) is 5.91 Å². The van der Waals surface area contributed by atoms with Gasteiger partial charge in [-0.1, -0.05) is 42.5 Å². The van der Waals surface area contributed by atoms with Crippen molar-refractivity contribution in [1.82, 2.24) is 15.5 Å². The normalized spacial score (nSPS) is 11.7. The predicted molar refractivity (Wildman–Crippen MR) is 134 cm³/mol. The third-order valence-corrected chi connectivity index (χ3v) is 6.94. The fraction of sp³-hybridized carbons (Fsp3) is 0.360. The number of amides is 2. The molecule has 33 heavy (non-hydrogen) atoms. The molecule has 0 aliphatic carbocycles. The van der Waals surface area contributed by atoms with Crippen molar-refractivity contribution in [3.63, 3.8) is 0 Å². The average Bonchev–Trinajstić information content (AvgIpc) is 3.54. The lowest BCUT2D eigenvalue weighted by Crippen LogP contribution is -2.44. The molecule has 0 aliphatic rings. The van der Waals surface area contributed by atoms with Crippen molar-refractivity contribution in [1.29, 1.82) is 0 Å². The molecule has 0 aliphatic heterocycles. The Morgan fingerprint density at radius 2 is 1.61 bits per heavy atom. The number of nitrogens with zero attached hydrogens (tertiary/aromatic N) is 1. The van der Waals surface area contributed by atoms with Crippen LogP contribution in [0.5, 0.6) is 0 Å². The summed E-state index contributed by atoms with van der Waals surface area (Å²) in [7, 11) is 1.83. The van der Waals surface area contributed by atoms with E-state index in [1.165, 1.54) is 9.75 Å². The first-order valence-corrected chi connectivity index (χ1v) is 12.9. The minimum atomic E-state index is -0.418. The fourth-order valence-corrected chi connectivity index (χ4v) is 4.88. The van der Waals surface area contributed by atoms with Gasteiger partial charge < -0.3 is 20.3 Å². The maximum atomic E-state index is 13.3. The molecule has 3 aromatic rings. The molecule has 2 N–H and O–H groups in total. The molecule has 0 spiro atoms. The van der Waals surface area contributed by atoms with Crippen molar-refractivity contribution >= 4 is 34.7 Å². The first-order valence-electron chi connectivity index (χ1n) is 11.1. The van der Waals surface area contributed by atoms with Gasteiger partial charge in [-0.25, -0.2) is 4.79 Å². The van der Waals surface area contributed by atoms with Crippen molar-refractivity contribution in [2.24, 2.45) is 0 Å². The van der Waals surface area contributed by atoms with Crippen LogP contribution in [0.3, 0.4) is 0 Å². The van der Waals surface area contributed by atoms with Crippen LogP contribution in [0.4, 0.5) is 4.79 Å². The van der Waals surface area contributed by atoms with E-state index in [4.69, 9.17) is 4.74 Å². The lowest BCUT2D eigenvalue weighted by atomic mass is 10.1. The second-order valence-electron chi connectivity index (χ2n) is 7.68. The highest BCUT2D eigenvalue weighted by Gasteiger charge is 2.23. The number of rotatable bonds is 13. The van der Waals surface area contributed by atoms with Gasteiger partial charge in [0, 0.05) is 16.3 Å². The molecule has 176 valence electrons. The lowest BCUT2D eigenvalue weighted by molar-refractivity contribution is -0.134. The second-order valence-corrected chi connectivity index (χ2v) is 9.74. The van der Waals surface area contributed by atoms with Crippen LogP contribution < -0.4 is 10.6 Å². The van der Waals surface area contributed by atoms with Crippen molar-refractivity contribution in [3.8, 4) is 0 Å². The Morgan fingerprint density at radius 1 is 0.939 bits per heavy atom. The quantitative estimate of drug-likeness (QED) is 0.334. The molecule has 8 heteroatoms. The van der Waals surface area contributed by atoms with Crippen LogP contribution in [-0.2, 0) is 29.2 Å². The number of benzene rings is 1. The molecular weight excluding hydrogens is 454 g/mol. The number of unbranched alkanes of at least 4 members (excludes halogenated alkanes) is 1. The molecule has 0 saturated heterocycles. The lowest BCUT2D eigenvalue weighted by Gasteiger charge is -2.26. The van der Waals surface area contributed by atoms with Crippen LogP contribution >= 0.6 is 22.7 Å². The molecule has 2 aromatic heterocycles. The standard InChI is InChI=1S/C25H31N3O3S2/c1-26-23(13-5-6-14-27-25(30)31-19-20-9-3-2-4-10-20)24(29)28(17-21-11-7-15-32-21)18-22-12-8-16-33-22/h2-4,7-12,15-16,23,26H,5-6,13-14,17-19H2,1H3,(H,27,30)/t23-/m0/s1. The van der Waals surface area contributed by atoms with E-state index >= 15 is 0 Å². The van der Waals surface area contributed by atoms with E-state index < -0.39 is 6.09 Å². The summed E-state index contributed by atoms with van der Waals surface area (Å²) in [6.45, 7) is 2.00. The Hall–Kier alpha value is -2.68. The van der Waals surface area contributed by atoms with E-state index in [-0.39, 0.29) is 18.6 Å². The fourth-order valence-electron chi connectivity index (χ4n) is 3.44. The first kappa shape index (κ1) is 25.0. The average molecular weight is 486 g/mol. The zero-order valence-corrected chi connectivity index (χ0v) is 20.5. The van der Waals surface area contributed by atoms with Crippen molar-refractivity contribution < 1.29 is 14.3 Å². The molecule has 2 amide bonds. The molecule has 0 fully saturated rings. The van der Waals surface area contributed by atoms with Crippen LogP contribution in [0.25, 0.3) is 0 Å². The number of likely N-dealkylation sites (N-methyl/N-ethyl adjacent to an activating group) is 1. The summed E-state index contributed by atoms with van der Waals surface area (Å²) in [5.74, 6) is 0.106. The number of alkyl carbamates (subject to hydrolysis) is 1. The number of nitrogens with one attached hydrogen (secondary N) is 2. The minimum Gasteiger partial charge on any atom is -0.445 e. The van der Waals surface area contributed by atoms with E-state index in [0.29, 0.717) is 26.1 Å². The van der Waals surface area contributed by atoms with Gasteiger partial charge in [0.25, 0.3) is 0 Å². The number of ether oxygens (including phenoxy) is 1. The van der Waals surface area contributed by atoms with Crippen molar-refractivity contribution in [2.75, 3.05) is 13.6 Å². The first-order chi connectivity index (χ1) is 16.2. The third-order valence-electron chi connectivity index (χ3n) is 5.21. The van der Waals surface area contributed by atoms with Gasteiger partial charge in [-0.15, -0.1) is 22.7 Å². The highest BCUT2D eigenvalue weighted by atomic mass is 32.1. The van der Waals surface area contributed by atoms with Gasteiger partial charge in [-0.2, -0.15) is 0 Å². The maximum absolute atomic E-state index is 13.3. The summed E-state index contributed by atoms with van der Waals surface area (Å²) >= 11 is 3.33. The summed E-state index contributed by atoms with van der Waals surface area (Å²) in [6.07, 6.45) is 1.89. The third kappa shape index (κ3) is 8.64. The Balaban J connectivity index is 1.41. The predicted octanol–water partition coefficient (Wildman–Crippen LogP) is 5.02. The Bertz CT molecular complexity index is 910. The number of thiophene rings is 2. The van der Waals surface area contributed by atoms with E-state index in [1.54, 1.807) is 22.7 Å². The zero-order chi connectivity index (χ0) is 23.3. The zero-order valence-electron chi connectivity index (χ0n) is 18.9. The van der Waals surface area contributed by atoms with Crippen LogP contribution in [0, 0.1) is 0 Å². The topological polar surface area (TPSA) is 70.7 Å². The largest absolute Gasteiger partial charge is 0.445 e. The van der Waals surface area contributed by atoms with E-state index in [9.17, 15) is 9.59 Å². The van der Waals surface area contributed by atoms with Gasteiger partial charge in [-0.05, 0) is 54.8 Å². The van der Waals surface area contributed by atoms with Crippen LogP contribution in [0.1, 0.15) is 34.6 Å². The van der Waals surface area contributed by atoms with Gasteiger partial charge in [0.15, 0.2) is 0 Å². The maximum Gasteiger partial charge on any atom is 0.407 e. The van der Waals surface area contributed by atoms with Gasteiger partial charge in [0.1, 0.15) is 6.61 Å². The number of carbonyl (C=O) groups is 2. The number of hydrogen-bond acceptors (Lipinski definition) is 6.